The number of aliphatic hydroxyl groups excluding tert-OH is 1. The fourth-order valence-electron chi connectivity index (χ4n) is 0.867. The normalized spacial score (nSPS) is 13.0. The lowest BCUT2D eigenvalue weighted by Gasteiger charge is -2.08. The Kier molecular flexibility index (Phi) is 3.50. The number of halogens is 2. The molecule has 0 bridgehead atoms. The van der Waals surface area contributed by atoms with Crippen LogP contribution in [0.15, 0.2) is 12.1 Å². The summed E-state index contributed by atoms with van der Waals surface area (Å²) in [6, 6.07) is 3.61. The molecule has 4 heteroatoms. The first-order valence-corrected chi connectivity index (χ1v) is 5.02. The van der Waals surface area contributed by atoms with Crippen molar-refractivity contribution in [3.05, 3.63) is 28.5 Å². The molecule has 2 nitrogen and oxygen atoms in total. The van der Waals surface area contributed by atoms with Crippen LogP contribution in [-0.4, -0.2) is 15.4 Å². The highest BCUT2D eigenvalue weighted by molar-refractivity contribution is 9.09. The second kappa shape index (κ2) is 4.21. The minimum absolute atomic E-state index is 0.377. The zero-order valence-electron chi connectivity index (χ0n) is 6.59. The van der Waals surface area contributed by atoms with Crippen LogP contribution in [0.25, 0.3) is 0 Å². The van der Waals surface area contributed by atoms with Gasteiger partial charge in [-0.05, 0) is 13.0 Å². The molecule has 66 valence electrons. The largest absolute Gasteiger partial charge is 0.387 e. The number of alkyl halides is 1. The van der Waals surface area contributed by atoms with Crippen molar-refractivity contribution in [2.24, 2.45) is 0 Å². The average molecular weight is 251 g/mol. The van der Waals surface area contributed by atoms with Crippen LogP contribution < -0.4 is 0 Å². The lowest BCUT2D eigenvalue weighted by molar-refractivity contribution is 0.205. The van der Waals surface area contributed by atoms with Crippen molar-refractivity contribution in [3.8, 4) is 0 Å². The summed E-state index contributed by atoms with van der Waals surface area (Å²) in [5, 5.41) is 10.3. The van der Waals surface area contributed by atoms with Crippen molar-refractivity contribution in [3.63, 3.8) is 0 Å². The van der Waals surface area contributed by atoms with E-state index in [-0.39, 0.29) is 0 Å². The maximum absolute atomic E-state index is 9.43. The minimum Gasteiger partial charge on any atom is -0.387 e. The summed E-state index contributed by atoms with van der Waals surface area (Å²) in [7, 11) is 0. The van der Waals surface area contributed by atoms with E-state index >= 15 is 0 Å². The van der Waals surface area contributed by atoms with Crippen molar-refractivity contribution in [1.29, 1.82) is 0 Å². The van der Waals surface area contributed by atoms with Crippen LogP contribution in [-0.2, 0) is 0 Å². The zero-order valence-corrected chi connectivity index (χ0v) is 8.93. The summed E-state index contributed by atoms with van der Waals surface area (Å²) < 4.78 is 0. The molecule has 0 aliphatic rings. The van der Waals surface area contributed by atoms with Crippen molar-refractivity contribution in [1.82, 2.24) is 4.98 Å². The van der Waals surface area contributed by atoms with E-state index in [2.05, 4.69) is 20.9 Å². The second-order valence-corrected chi connectivity index (χ2v) is 3.51. The third-order valence-electron chi connectivity index (χ3n) is 1.52. The Hall–Kier alpha value is -0.120. The molecule has 1 aromatic rings. The Balaban J connectivity index is 3.01. The molecule has 1 heterocycles. The van der Waals surface area contributed by atoms with E-state index in [0.29, 0.717) is 16.0 Å². The minimum atomic E-state index is -0.578. The number of hydrogen-bond acceptors (Lipinski definition) is 2. The molecule has 0 saturated carbocycles. The Morgan fingerprint density at radius 1 is 1.67 bits per heavy atom. The maximum atomic E-state index is 9.43. The van der Waals surface area contributed by atoms with Gasteiger partial charge in [-0.3, -0.25) is 0 Å². The van der Waals surface area contributed by atoms with Crippen LogP contribution in [0.5, 0.6) is 0 Å². The topological polar surface area (TPSA) is 33.1 Å². The van der Waals surface area contributed by atoms with E-state index in [9.17, 15) is 5.11 Å². The smallest absolute Gasteiger partial charge is 0.135 e. The molecule has 12 heavy (non-hydrogen) atoms. The van der Waals surface area contributed by atoms with E-state index < -0.39 is 6.10 Å². The Labute approximate surface area is 84.7 Å². The molecular weight excluding hydrogens is 241 g/mol. The monoisotopic (exact) mass is 249 g/mol. The lowest BCUT2D eigenvalue weighted by atomic mass is 10.2. The molecule has 0 aromatic carbocycles. The highest BCUT2D eigenvalue weighted by Crippen LogP contribution is 2.22. The van der Waals surface area contributed by atoms with Gasteiger partial charge in [0.1, 0.15) is 5.15 Å². The predicted molar refractivity (Wildman–Crippen MR) is 52.7 cm³/mol. The molecule has 0 aliphatic heterocycles. The number of aliphatic hydroxyl groups is 1. The first-order valence-electron chi connectivity index (χ1n) is 3.52. The Morgan fingerprint density at radius 3 is 2.83 bits per heavy atom. The third kappa shape index (κ3) is 2.19. The van der Waals surface area contributed by atoms with E-state index in [1.165, 1.54) is 0 Å². The molecule has 1 unspecified atom stereocenters. The molecule has 0 fully saturated rings. The highest BCUT2D eigenvalue weighted by atomic mass is 79.9. The van der Waals surface area contributed by atoms with Gasteiger partial charge < -0.3 is 5.11 Å². The van der Waals surface area contributed by atoms with E-state index in [1.807, 2.05) is 13.0 Å². The highest BCUT2D eigenvalue weighted by Gasteiger charge is 2.10. The van der Waals surface area contributed by atoms with Crippen molar-refractivity contribution in [2.75, 3.05) is 5.33 Å². The first kappa shape index (κ1) is 9.96. The van der Waals surface area contributed by atoms with E-state index in [1.54, 1.807) is 6.07 Å². The molecule has 0 spiro atoms. The Morgan fingerprint density at radius 2 is 2.33 bits per heavy atom. The third-order valence-corrected chi connectivity index (χ3v) is 2.44. The molecule has 0 radical (unpaired) electrons. The van der Waals surface area contributed by atoms with Gasteiger partial charge in [-0.25, -0.2) is 4.98 Å². The molecule has 1 aromatic heterocycles. The van der Waals surface area contributed by atoms with Crippen molar-refractivity contribution < 1.29 is 5.11 Å². The number of aromatic nitrogens is 1. The van der Waals surface area contributed by atoms with Crippen LogP contribution >= 0.6 is 27.5 Å². The molecule has 0 saturated heterocycles. The van der Waals surface area contributed by atoms with Crippen molar-refractivity contribution in [2.45, 2.75) is 13.0 Å². The van der Waals surface area contributed by atoms with Gasteiger partial charge in [-0.15, -0.1) is 0 Å². The van der Waals surface area contributed by atoms with Crippen LogP contribution in [0.1, 0.15) is 17.4 Å². The first-order chi connectivity index (χ1) is 5.65. The fourth-order valence-corrected chi connectivity index (χ4v) is 1.54. The quantitative estimate of drug-likeness (QED) is 0.646. The van der Waals surface area contributed by atoms with Gasteiger partial charge in [0.2, 0.25) is 0 Å². The molecule has 1 N–H and O–H groups in total. The van der Waals surface area contributed by atoms with Gasteiger partial charge in [-0.2, -0.15) is 0 Å². The molecule has 1 rings (SSSR count). The van der Waals surface area contributed by atoms with Crippen LogP contribution in [0.3, 0.4) is 0 Å². The summed E-state index contributed by atoms with van der Waals surface area (Å²) in [6.45, 7) is 1.86. The number of rotatable bonds is 2. The molecule has 0 amide bonds. The number of pyridine rings is 1. The van der Waals surface area contributed by atoms with Crippen LogP contribution in [0, 0.1) is 6.92 Å². The van der Waals surface area contributed by atoms with Gasteiger partial charge >= 0.3 is 0 Å². The summed E-state index contributed by atoms with van der Waals surface area (Å²) in [5.74, 6) is 0. The summed E-state index contributed by atoms with van der Waals surface area (Å²) in [4.78, 5) is 4.03. The average Bonchev–Trinajstić information content (AvgIpc) is 2.03. The molecular formula is C8H9BrClNO. The SMILES string of the molecule is Cc1ccc(C(O)CBr)c(Cl)n1. The lowest BCUT2D eigenvalue weighted by Crippen LogP contribution is -2.00. The van der Waals surface area contributed by atoms with Crippen LogP contribution in [0.2, 0.25) is 5.15 Å². The number of nitrogens with zero attached hydrogens (tertiary/aromatic N) is 1. The summed E-state index contributed by atoms with van der Waals surface area (Å²) >= 11 is 8.98. The maximum Gasteiger partial charge on any atom is 0.135 e. The van der Waals surface area contributed by atoms with Crippen LogP contribution in [0.4, 0.5) is 0 Å². The summed E-state index contributed by atoms with van der Waals surface area (Å²) in [6.07, 6.45) is -0.578. The van der Waals surface area contributed by atoms with E-state index in [4.69, 9.17) is 11.6 Å². The summed E-state index contributed by atoms with van der Waals surface area (Å²) in [5.41, 5.74) is 1.52. The predicted octanol–water partition coefficient (Wildman–Crippen LogP) is 2.47. The van der Waals surface area contributed by atoms with Gasteiger partial charge in [-0.1, -0.05) is 33.6 Å². The molecule has 0 aliphatic carbocycles. The standard InChI is InChI=1S/C8H9BrClNO/c1-5-2-3-6(7(12)4-9)8(10)11-5/h2-3,7,12H,4H2,1H3. The van der Waals surface area contributed by atoms with Crippen molar-refractivity contribution >= 4 is 27.5 Å². The van der Waals surface area contributed by atoms with E-state index in [0.717, 1.165) is 5.69 Å². The Bertz CT molecular complexity index is 280. The second-order valence-electron chi connectivity index (χ2n) is 2.50. The van der Waals surface area contributed by atoms with Gasteiger partial charge in [0.25, 0.3) is 0 Å². The van der Waals surface area contributed by atoms with Gasteiger partial charge in [0.05, 0.1) is 6.10 Å². The molecule has 1 atom stereocenters. The van der Waals surface area contributed by atoms with Gasteiger partial charge in [0, 0.05) is 16.6 Å². The fraction of sp³-hybridized carbons (Fsp3) is 0.375. The zero-order chi connectivity index (χ0) is 9.14. The number of hydrogen-bond donors (Lipinski definition) is 1. The van der Waals surface area contributed by atoms with Gasteiger partial charge in [0.15, 0.2) is 0 Å². The number of aryl methyl sites for hydroxylation is 1.